The number of pyridine rings is 2. The Bertz CT molecular complexity index is 477. The quantitative estimate of drug-likeness (QED) is 0.628. The fourth-order valence-electron chi connectivity index (χ4n) is 2.25. The summed E-state index contributed by atoms with van der Waals surface area (Å²) in [5, 5.41) is 9.94. The molecule has 80 valence electrons. The average Bonchev–Trinajstić information content (AvgIpc) is 2.44. The second-order valence-corrected chi connectivity index (χ2v) is 4.13. The van der Waals surface area contributed by atoms with Crippen molar-refractivity contribution in [2.75, 3.05) is 0 Å². The zero-order chi connectivity index (χ0) is 11.0. The summed E-state index contributed by atoms with van der Waals surface area (Å²) in [5.74, 6) is 0. The zero-order valence-corrected chi connectivity index (χ0v) is 8.95. The van der Waals surface area contributed by atoms with Crippen LogP contribution in [-0.4, -0.2) is 11.2 Å². The molecule has 0 unspecified atom stereocenters. The van der Waals surface area contributed by atoms with Gasteiger partial charge in [0.25, 0.3) is 11.4 Å². The fourth-order valence-corrected chi connectivity index (χ4v) is 2.25. The van der Waals surface area contributed by atoms with E-state index in [0.717, 1.165) is 11.4 Å². The van der Waals surface area contributed by atoms with Crippen LogP contribution in [0.5, 0.6) is 0 Å². The molecule has 1 aliphatic rings. The number of rotatable bonds is 0. The van der Waals surface area contributed by atoms with Crippen LogP contribution in [0.15, 0.2) is 48.8 Å². The largest absolute Gasteiger partial charge is 0.381 e. The summed E-state index contributed by atoms with van der Waals surface area (Å²) in [5.41, 5.74) is 2.30. The maximum Gasteiger partial charge on any atom is 0.277 e. The average molecular weight is 214 g/mol. The van der Waals surface area contributed by atoms with Crippen LogP contribution < -0.4 is 9.13 Å². The van der Waals surface area contributed by atoms with Crippen molar-refractivity contribution in [3.63, 3.8) is 0 Å². The van der Waals surface area contributed by atoms with E-state index in [4.69, 9.17) is 0 Å². The smallest absolute Gasteiger partial charge is 0.277 e. The Hall–Kier alpha value is -1.74. The lowest BCUT2D eigenvalue weighted by atomic mass is 10.2. The van der Waals surface area contributed by atoms with E-state index in [9.17, 15) is 5.11 Å². The van der Waals surface area contributed by atoms with Crippen LogP contribution in [-0.2, 0) is 13.1 Å². The van der Waals surface area contributed by atoms with Crippen molar-refractivity contribution < 1.29 is 14.2 Å². The van der Waals surface area contributed by atoms with Crippen molar-refractivity contribution in [3.05, 3.63) is 48.8 Å². The number of aromatic nitrogens is 2. The van der Waals surface area contributed by atoms with Crippen molar-refractivity contribution in [3.8, 4) is 11.4 Å². The van der Waals surface area contributed by atoms with E-state index >= 15 is 0 Å². The molecule has 3 heteroatoms. The van der Waals surface area contributed by atoms with E-state index in [2.05, 4.69) is 21.3 Å². The molecule has 0 spiro atoms. The van der Waals surface area contributed by atoms with E-state index in [-0.39, 0.29) is 6.10 Å². The van der Waals surface area contributed by atoms with Gasteiger partial charge < -0.3 is 5.11 Å². The Morgan fingerprint density at radius 3 is 1.88 bits per heavy atom. The lowest BCUT2D eigenvalue weighted by Gasteiger charge is -1.99. The van der Waals surface area contributed by atoms with Gasteiger partial charge in [-0.25, -0.2) is 0 Å². The van der Waals surface area contributed by atoms with Crippen LogP contribution in [0.4, 0.5) is 0 Å². The first kappa shape index (κ1) is 9.48. The highest BCUT2D eigenvalue weighted by atomic mass is 16.3. The van der Waals surface area contributed by atoms with Gasteiger partial charge in [-0.05, 0) is 12.1 Å². The molecule has 1 aliphatic heterocycles. The van der Waals surface area contributed by atoms with Gasteiger partial charge >= 0.3 is 0 Å². The highest BCUT2D eigenvalue weighted by molar-refractivity contribution is 5.45. The number of nitrogens with zero attached hydrogens (tertiary/aromatic N) is 2. The summed E-state index contributed by atoms with van der Waals surface area (Å²) in [4.78, 5) is 0. The van der Waals surface area contributed by atoms with Gasteiger partial charge in [0.15, 0.2) is 31.6 Å². The second kappa shape index (κ2) is 3.68. The van der Waals surface area contributed by atoms with Gasteiger partial charge in [-0.1, -0.05) is 0 Å². The fraction of sp³-hybridized carbons (Fsp3) is 0.231. The molecule has 0 saturated carbocycles. The second-order valence-electron chi connectivity index (χ2n) is 4.13. The van der Waals surface area contributed by atoms with Crippen LogP contribution >= 0.6 is 0 Å². The molecule has 3 rings (SSSR count). The van der Waals surface area contributed by atoms with E-state index in [1.54, 1.807) is 0 Å². The van der Waals surface area contributed by atoms with Gasteiger partial charge in [0, 0.05) is 24.3 Å². The molecule has 0 saturated heterocycles. The van der Waals surface area contributed by atoms with Crippen LogP contribution in [0.1, 0.15) is 0 Å². The van der Waals surface area contributed by atoms with Crippen LogP contribution in [0, 0.1) is 0 Å². The minimum absolute atomic E-state index is 0.334. The van der Waals surface area contributed by atoms with Crippen molar-refractivity contribution in [1.82, 2.24) is 0 Å². The molecule has 0 fully saturated rings. The van der Waals surface area contributed by atoms with Gasteiger partial charge in [-0.15, -0.1) is 0 Å². The van der Waals surface area contributed by atoms with Crippen molar-refractivity contribution in [2.24, 2.45) is 0 Å². The molecule has 0 aliphatic carbocycles. The molecule has 16 heavy (non-hydrogen) atoms. The first-order valence-electron chi connectivity index (χ1n) is 5.50. The molecule has 3 nitrogen and oxygen atoms in total. The van der Waals surface area contributed by atoms with Crippen LogP contribution in [0.2, 0.25) is 0 Å². The number of aliphatic hydroxyl groups is 1. The summed E-state index contributed by atoms with van der Waals surface area (Å²) in [7, 11) is 0. The van der Waals surface area contributed by atoms with Gasteiger partial charge in [-0.3, -0.25) is 0 Å². The van der Waals surface area contributed by atoms with Crippen molar-refractivity contribution in [2.45, 2.75) is 19.2 Å². The van der Waals surface area contributed by atoms with Gasteiger partial charge in [0.2, 0.25) is 0 Å². The Morgan fingerprint density at radius 2 is 1.38 bits per heavy atom. The normalized spacial score (nSPS) is 15.1. The highest BCUT2D eigenvalue weighted by Gasteiger charge is 2.30. The Kier molecular flexibility index (Phi) is 2.18. The van der Waals surface area contributed by atoms with Crippen molar-refractivity contribution >= 4 is 0 Å². The molecule has 0 bridgehead atoms. The van der Waals surface area contributed by atoms with E-state index < -0.39 is 0 Å². The minimum atomic E-state index is -0.334. The van der Waals surface area contributed by atoms with Crippen LogP contribution in [0.25, 0.3) is 11.4 Å². The predicted molar refractivity (Wildman–Crippen MR) is 58.3 cm³/mol. The molecular formula is C13H14N2O+2. The molecule has 2 aromatic heterocycles. The first-order chi connectivity index (χ1) is 7.84. The standard InChI is InChI=1S/C13H14N2O/c16-11-9-14-7-3-1-5-12(14)13-6-2-4-8-15(13)10-11/h1-8,11,16H,9-10H2/q+2. The van der Waals surface area contributed by atoms with Gasteiger partial charge in [0.1, 0.15) is 0 Å². The maximum absolute atomic E-state index is 9.94. The van der Waals surface area contributed by atoms with E-state index in [1.165, 1.54) is 0 Å². The third kappa shape index (κ3) is 1.49. The van der Waals surface area contributed by atoms with Gasteiger partial charge in [-0.2, -0.15) is 9.13 Å². The Balaban J connectivity index is 2.26. The summed E-state index contributed by atoms with van der Waals surface area (Å²) < 4.78 is 4.20. The molecule has 0 amide bonds. The molecule has 1 N–H and O–H groups in total. The topological polar surface area (TPSA) is 28.0 Å². The van der Waals surface area contributed by atoms with Crippen molar-refractivity contribution in [1.29, 1.82) is 0 Å². The SMILES string of the molecule is OC1C[n+]2ccccc2-c2cccc[n+]2C1. The molecule has 0 radical (unpaired) electrons. The van der Waals surface area contributed by atoms with E-state index in [0.29, 0.717) is 13.1 Å². The molecule has 0 aromatic carbocycles. The highest BCUT2D eigenvalue weighted by Crippen LogP contribution is 2.12. The Morgan fingerprint density at radius 1 is 0.875 bits per heavy atom. The van der Waals surface area contributed by atoms with E-state index in [1.807, 2.05) is 36.7 Å². The number of fused-ring (bicyclic) bond motifs is 3. The summed E-state index contributed by atoms with van der Waals surface area (Å²) in [6, 6.07) is 12.2. The van der Waals surface area contributed by atoms with Crippen LogP contribution in [0.3, 0.4) is 0 Å². The van der Waals surface area contributed by atoms with Gasteiger partial charge in [0.05, 0.1) is 0 Å². The minimum Gasteiger partial charge on any atom is -0.381 e. The predicted octanol–water partition coefficient (Wildman–Crippen LogP) is 0.303. The lowest BCUT2D eigenvalue weighted by molar-refractivity contribution is -0.700. The number of hydrogen-bond acceptors (Lipinski definition) is 1. The maximum atomic E-state index is 9.94. The monoisotopic (exact) mass is 214 g/mol. The number of aliphatic hydroxyl groups excluding tert-OH is 1. The third-order valence-corrected chi connectivity index (χ3v) is 2.96. The molecule has 2 aromatic rings. The first-order valence-corrected chi connectivity index (χ1v) is 5.50. The number of hydrogen-bond donors (Lipinski definition) is 1. The summed E-state index contributed by atoms with van der Waals surface area (Å²) >= 11 is 0. The third-order valence-electron chi connectivity index (χ3n) is 2.96. The Labute approximate surface area is 94.2 Å². The molecule has 0 atom stereocenters. The summed E-state index contributed by atoms with van der Waals surface area (Å²) in [6.45, 7) is 1.30. The summed E-state index contributed by atoms with van der Waals surface area (Å²) in [6.07, 6.45) is 3.70. The molecular weight excluding hydrogens is 200 g/mol. The lowest BCUT2D eigenvalue weighted by Crippen LogP contribution is -2.42. The zero-order valence-electron chi connectivity index (χ0n) is 8.95. The molecule has 3 heterocycles.